The van der Waals surface area contributed by atoms with Gasteiger partial charge in [-0.05, 0) is 30.4 Å². The number of rotatable bonds is 2. The molecular formula is C16H18ClN3O. The van der Waals surface area contributed by atoms with Gasteiger partial charge >= 0.3 is 0 Å². The maximum absolute atomic E-state index is 12.3. The van der Waals surface area contributed by atoms with Crippen molar-refractivity contribution in [1.29, 1.82) is 0 Å². The first-order valence-electron chi connectivity index (χ1n) is 7.08. The second-order valence-corrected chi connectivity index (χ2v) is 6.61. The Balaban J connectivity index is 1.77. The highest BCUT2D eigenvalue weighted by atomic mass is 35.5. The van der Waals surface area contributed by atoms with Gasteiger partial charge in [0.05, 0.1) is 5.02 Å². The Labute approximate surface area is 128 Å². The lowest BCUT2D eigenvalue weighted by atomic mass is 9.81. The topological polar surface area (TPSA) is 57.8 Å². The highest BCUT2D eigenvalue weighted by Gasteiger charge is 2.23. The van der Waals surface area contributed by atoms with Crippen molar-refractivity contribution < 1.29 is 4.79 Å². The highest BCUT2D eigenvalue weighted by molar-refractivity contribution is 6.35. The molecule has 5 heteroatoms. The number of aromatic nitrogens is 2. The summed E-state index contributed by atoms with van der Waals surface area (Å²) in [5, 5.41) is 4.39. The van der Waals surface area contributed by atoms with Crippen molar-refractivity contribution >= 4 is 28.5 Å². The van der Waals surface area contributed by atoms with Crippen LogP contribution in [0.1, 0.15) is 37.2 Å². The van der Waals surface area contributed by atoms with Crippen molar-refractivity contribution in [2.24, 2.45) is 5.41 Å². The fraction of sp³-hybridized carbons (Fsp3) is 0.375. The number of pyridine rings is 1. The van der Waals surface area contributed by atoms with Gasteiger partial charge in [0.15, 0.2) is 0 Å². The first kappa shape index (κ1) is 14.1. The molecule has 110 valence electrons. The molecule has 4 nitrogen and oxygen atoms in total. The second kappa shape index (κ2) is 5.19. The molecule has 1 unspecified atom stereocenters. The van der Waals surface area contributed by atoms with Crippen LogP contribution in [0, 0.1) is 5.41 Å². The number of halogens is 1. The molecule has 1 aliphatic rings. The summed E-state index contributed by atoms with van der Waals surface area (Å²) in [6, 6.07) is 3.54. The zero-order valence-corrected chi connectivity index (χ0v) is 12.9. The van der Waals surface area contributed by atoms with Gasteiger partial charge in [-0.25, -0.2) is 4.98 Å². The van der Waals surface area contributed by atoms with E-state index in [1.165, 1.54) is 0 Å². The van der Waals surface area contributed by atoms with E-state index < -0.39 is 0 Å². The fourth-order valence-electron chi connectivity index (χ4n) is 2.57. The van der Waals surface area contributed by atoms with Gasteiger partial charge in [0.1, 0.15) is 11.3 Å². The fourth-order valence-corrected chi connectivity index (χ4v) is 2.77. The van der Waals surface area contributed by atoms with Gasteiger partial charge in [-0.1, -0.05) is 37.6 Å². The van der Waals surface area contributed by atoms with Crippen LogP contribution in [-0.2, 0) is 0 Å². The molecule has 2 aromatic rings. The molecule has 0 aliphatic heterocycles. The van der Waals surface area contributed by atoms with Crippen molar-refractivity contribution in [2.75, 3.05) is 0 Å². The Morgan fingerprint density at radius 2 is 2.33 bits per heavy atom. The van der Waals surface area contributed by atoms with E-state index in [1.807, 2.05) is 0 Å². The molecule has 0 radical (unpaired) electrons. The predicted molar refractivity (Wildman–Crippen MR) is 84.5 cm³/mol. The molecule has 0 spiro atoms. The number of carbonyl (C=O) groups is 1. The number of hydrogen-bond donors (Lipinski definition) is 2. The minimum absolute atomic E-state index is 0.0837. The summed E-state index contributed by atoms with van der Waals surface area (Å²) in [7, 11) is 0. The summed E-state index contributed by atoms with van der Waals surface area (Å²) in [6.07, 6.45) is 7.89. The molecule has 0 aromatic carbocycles. The summed E-state index contributed by atoms with van der Waals surface area (Å²) in [5.74, 6) is -0.126. The molecule has 1 amide bonds. The molecule has 21 heavy (non-hydrogen) atoms. The molecule has 0 fully saturated rings. The van der Waals surface area contributed by atoms with Crippen LogP contribution in [0.5, 0.6) is 0 Å². The molecule has 3 rings (SSSR count). The third-order valence-corrected chi connectivity index (χ3v) is 4.25. The zero-order chi connectivity index (χ0) is 15.0. The van der Waals surface area contributed by atoms with Crippen LogP contribution >= 0.6 is 11.6 Å². The lowest BCUT2D eigenvalue weighted by Crippen LogP contribution is -2.36. The van der Waals surface area contributed by atoms with E-state index >= 15 is 0 Å². The first-order valence-corrected chi connectivity index (χ1v) is 7.46. The van der Waals surface area contributed by atoms with E-state index in [4.69, 9.17) is 11.6 Å². The van der Waals surface area contributed by atoms with Crippen LogP contribution in [0.4, 0.5) is 0 Å². The number of nitrogens with one attached hydrogen (secondary N) is 2. The minimum atomic E-state index is -0.126. The summed E-state index contributed by atoms with van der Waals surface area (Å²) in [5.41, 5.74) is 1.34. The molecule has 2 aromatic heterocycles. The number of carbonyl (C=O) groups excluding carboxylic acids is 1. The molecule has 0 saturated carbocycles. The average molecular weight is 304 g/mol. The zero-order valence-electron chi connectivity index (χ0n) is 12.1. The number of hydrogen-bond acceptors (Lipinski definition) is 2. The molecular weight excluding hydrogens is 286 g/mol. The Morgan fingerprint density at radius 1 is 1.52 bits per heavy atom. The average Bonchev–Trinajstić information content (AvgIpc) is 2.87. The number of allylic oxidation sites excluding steroid dienone is 1. The summed E-state index contributed by atoms with van der Waals surface area (Å²) < 4.78 is 0. The number of H-pyrrole nitrogens is 1. The molecule has 2 N–H and O–H groups in total. The van der Waals surface area contributed by atoms with Crippen molar-refractivity contribution in [3.05, 3.63) is 41.2 Å². The van der Waals surface area contributed by atoms with E-state index in [9.17, 15) is 4.79 Å². The molecule has 0 saturated heterocycles. The van der Waals surface area contributed by atoms with Gasteiger partial charge < -0.3 is 10.3 Å². The van der Waals surface area contributed by atoms with E-state index in [2.05, 4.69) is 41.3 Å². The van der Waals surface area contributed by atoms with E-state index in [-0.39, 0.29) is 17.4 Å². The van der Waals surface area contributed by atoms with E-state index in [1.54, 1.807) is 18.3 Å². The van der Waals surface area contributed by atoms with Crippen molar-refractivity contribution in [3.8, 4) is 0 Å². The van der Waals surface area contributed by atoms with Crippen LogP contribution in [0.3, 0.4) is 0 Å². The van der Waals surface area contributed by atoms with Gasteiger partial charge in [-0.2, -0.15) is 0 Å². The van der Waals surface area contributed by atoms with Crippen molar-refractivity contribution in [1.82, 2.24) is 15.3 Å². The van der Waals surface area contributed by atoms with Crippen LogP contribution in [0.2, 0.25) is 5.02 Å². The van der Waals surface area contributed by atoms with Crippen molar-refractivity contribution in [2.45, 2.75) is 32.7 Å². The highest BCUT2D eigenvalue weighted by Crippen LogP contribution is 2.29. The Bertz CT molecular complexity index is 717. The smallest absolute Gasteiger partial charge is 0.268 e. The molecule has 2 heterocycles. The second-order valence-electron chi connectivity index (χ2n) is 6.20. The van der Waals surface area contributed by atoms with Gasteiger partial charge in [0, 0.05) is 17.6 Å². The number of aromatic amines is 1. The van der Waals surface area contributed by atoms with E-state index in [0.29, 0.717) is 16.4 Å². The van der Waals surface area contributed by atoms with Gasteiger partial charge in [-0.15, -0.1) is 0 Å². The predicted octanol–water partition coefficient (Wildman–Crippen LogP) is 3.69. The Hall–Kier alpha value is -1.81. The van der Waals surface area contributed by atoms with Gasteiger partial charge in [0.25, 0.3) is 5.91 Å². The number of amides is 1. The summed E-state index contributed by atoms with van der Waals surface area (Å²) >= 11 is 6.10. The lowest BCUT2D eigenvalue weighted by Gasteiger charge is -2.28. The van der Waals surface area contributed by atoms with Crippen LogP contribution in [-0.4, -0.2) is 21.9 Å². The quantitative estimate of drug-likeness (QED) is 0.831. The Kier molecular flexibility index (Phi) is 3.49. The van der Waals surface area contributed by atoms with Crippen LogP contribution in [0.25, 0.3) is 11.0 Å². The maximum atomic E-state index is 12.3. The Morgan fingerprint density at radius 3 is 3.00 bits per heavy atom. The molecule has 0 bridgehead atoms. The van der Waals surface area contributed by atoms with Crippen LogP contribution in [0.15, 0.2) is 30.5 Å². The van der Waals surface area contributed by atoms with Crippen LogP contribution < -0.4 is 5.32 Å². The minimum Gasteiger partial charge on any atom is -0.345 e. The summed E-state index contributed by atoms with van der Waals surface area (Å²) in [6.45, 7) is 4.40. The third kappa shape index (κ3) is 2.95. The SMILES string of the molecule is CC1(C)C=CC(NC(=O)c2cc3c(Cl)ccnc3[nH]2)CC1. The third-order valence-electron chi connectivity index (χ3n) is 3.92. The molecule has 1 aliphatic carbocycles. The summed E-state index contributed by atoms with van der Waals surface area (Å²) in [4.78, 5) is 19.5. The van der Waals surface area contributed by atoms with Gasteiger partial charge in [0.2, 0.25) is 0 Å². The number of fused-ring (bicyclic) bond motifs is 1. The first-order chi connectivity index (χ1) is 9.94. The molecule has 1 atom stereocenters. The van der Waals surface area contributed by atoms with Crippen molar-refractivity contribution in [3.63, 3.8) is 0 Å². The lowest BCUT2D eigenvalue weighted by molar-refractivity contribution is 0.0935. The standard InChI is InChI=1S/C16H18ClN3O/c1-16(2)6-3-10(4-7-16)19-15(21)13-9-11-12(17)5-8-18-14(11)20-13/h3,5-6,8-10H,4,7H2,1-2H3,(H,18,20)(H,19,21). The largest absolute Gasteiger partial charge is 0.345 e. The maximum Gasteiger partial charge on any atom is 0.268 e. The number of nitrogens with zero attached hydrogens (tertiary/aromatic N) is 1. The van der Waals surface area contributed by atoms with Gasteiger partial charge in [-0.3, -0.25) is 4.79 Å². The normalized spacial score (nSPS) is 20.6. The van der Waals surface area contributed by atoms with E-state index in [0.717, 1.165) is 18.2 Å². The monoisotopic (exact) mass is 303 g/mol.